The fourth-order valence-corrected chi connectivity index (χ4v) is 1.75. The van der Waals surface area contributed by atoms with E-state index in [1.165, 1.54) is 18.2 Å². The Hall–Kier alpha value is -1.04. The van der Waals surface area contributed by atoms with E-state index in [0.717, 1.165) is 0 Å². The van der Waals surface area contributed by atoms with E-state index in [9.17, 15) is 14.7 Å². The summed E-state index contributed by atoms with van der Waals surface area (Å²) in [6, 6.07) is 4.32. The Bertz CT molecular complexity index is 447. The number of carboxylic acid groups (broad SMARTS) is 1. The molecule has 0 aliphatic heterocycles. The zero-order valence-electron chi connectivity index (χ0n) is 8.76. The molecule has 17 heavy (non-hydrogen) atoms. The van der Waals surface area contributed by atoms with Gasteiger partial charge in [-0.05, 0) is 12.1 Å². The first-order valence-corrected chi connectivity index (χ1v) is 5.78. The maximum Gasteiger partial charge on any atom is 0.337 e. The second-order valence-electron chi connectivity index (χ2n) is 3.37. The molecule has 0 spiro atoms. The molecule has 0 saturated carbocycles. The molecule has 0 aliphatic carbocycles. The number of rotatable bonds is 5. The van der Waals surface area contributed by atoms with Crippen molar-refractivity contribution >= 4 is 36.0 Å². The van der Waals surface area contributed by atoms with Gasteiger partial charge >= 0.3 is 5.97 Å². The highest BCUT2D eigenvalue weighted by Crippen LogP contribution is 2.23. The van der Waals surface area contributed by atoms with Crippen LogP contribution in [0.25, 0.3) is 0 Å². The molecule has 1 aromatic carbocycles. The Balaban J connectivity index is 3.21. The summed E-state index contributed by atoms with van der Waals surface area (Å²) in [5.74, 6) is -1.58. The Morgan fingerprint density at radius 3 is 2.59 bits per heavy atom. The quantitative estimate of drug-likeness (QED) is 0.436. The highest BCUT2D eigenvalue weighted by Gasteiger charge is 2.22. The van der Waals surface area contributed by atoms with E-state index in [0.29, 0.717) is 4.90 Å². The van der Waals surface area contributed by atoms with Crippen molar-refractivity contribution in [1.29, 1.82) is 0 Å². The van der Waals surface area contributed by atoms with Crippen LogP contribution >= 0.6 is 24.2 Å². The van der Waals surface area contributed by atoms with Crippen LogP contribution in [0, 0.1) is 0 Å². The summed E-state index contributed by atoms with van der Waals surface area (Å²) in [6.45, 7) is 0. The molecule has 0 aliphatic rings. The number of aliphatic hydroxyl groups excluding tert-OH is 1. The lowest BCUT2D eigenvalue weighted by Gasteiger charge is -2.11. The predicted molar refractivity (Wildman–Crippen MR) is 66.0 cm³/mol. The molecular weight excluding hydrogens is 264 g/mol. The minimum atomic E-state index is -1.72. The average molecular weight is 275 g/mol. The van der Waals surface area contributed by atoms with Crippen LogP contribution in [0.4, 0.5) is 0 Å². The third kappa shape index (κ3) is 3.46. The number of halogens is 1. The molecule has 0 fully saturated rings. The number of aliphatic carboxylic acids is 1. The number of benzene rings is 1. The lowest BCUT2D eigenvalue weighted by atomic mass is 9.98. The number of Topliss-reactive ketones (excluding diaryl/α,β-unsaturated/α-hetero) is 1. The minimum absolute atomic E-state index is 0.0606. The molecule has 6 heteroatoms. The van der Waals surface area contributed by atoms with Gasteiger partial charge in [0, 0.05) is 28.3 Å². The van der Waals surface area contributed by atoms with Gasteiger partial charge in [-0.1, -0.05) is 6.07 Å². The van der Waals surface area contributed by atoms with E-state index in [1.54, 1.807) is 0 Å². The Morgan fingerprint density at radius 1 is 1.41 bits per heavy atom. The lowest BCUT2D eigenvalue weighted by molar-refractivity contribution is -0.146. The molecule has 0 aromatic heterocycles. The summed E-state index contributed by atoms with van der Waals surface area (Å²) in [4.78, 5) is 23.0. The zero-order valence-corrected chi connectivity index (χ0v) is 10.4. The van der Waals surface area contributed by atoms with E-state index in [-0.39, 0.29) is 29.2 Å². The second kappa shape index (κ2) is 6.05. The SMILES string of the molecule is O=C(CCCl)c1cc(S)ccc1C(O)C(=O)O. The van der Waals surface area contributed by atoms with Crippen molar-refractivity contribution in [3.63, 3.8) is 0 Å². The molecule has 0 radical (unpaired) electrons. The van der Waals surface area contributed by atoms with Crippen molar-refractivity contribution < 1.29 is 19.8 Å². The van der Waals surface area contributed by atoms with Crippen molar-refractivity contribution in [3.8, 4) is 0 Å². The molecule has 0 amide bonds. The van der Waals surface area contributed by atoms with Gasteiger partial charge in [0.15, 0.2) is 11.9 Å². The van der Waals surface area contributed by atoms with E-state index in [2.05, 4.69) is 12.6 Å². The number of aliphatic hydroxyl groups is 1. The van der Waals surface area contributed by atoms with Gasteiger partial charge in [-0.25, -0.2) is 4.79 Å². The molecule has 92 valence electrons. The molecule has 1 rings (SSSR count). The normalized spacial score (nSPS) is 12.2. The van der Waals surface area contributed by atoms with Gasteiger partial charge in [-0.2, -0.15) is 0 Å². The van der Waals surface area contributed by atoms with Gasteiger partial charge in [-0.3, -0.25) is 4.79 Å². The van der Waals surface area contributed by atoms with Crippen LogP contribution in [0.3, 0.4) is 0 Å². The predicted octanol–water partition coefficient (Wildman–Crippen LogP) is 1.90. The van der Waals surface area contributed by atoms with Gasteiger partial charge in [0.2, 0.25) is 0 Å². The van der Waals surface area contributed by atoms with E-state index < -0.39 is 12.1 Å². The highest BCUT2D eigenvalue weighted by atomic mass is 35.5. The molecule has 0 heterocycles. The third-order valence-electron chi connectivity index (χ3n) is 2.19. The van der Waals surface area contributed by atoms with Crippen LogP contribution in [0.5, 0.6) is 0 Å². The topological polar surface area (TPSA) is 74.6 Å². The standard InChI is InChI=1S/C11H11ClO4S/c12-4-3-9(13)8-5-6(17)1-2-7(8)10(14)11(15)16/h1-2,5,10,14,17H,3-4H2,(H,15,16). The molecular formula is C11H11ClO4S. The maximum atomic E-state index is 11.7. The van der Waals surface area contributed by atoms with Gasteiger partial charge in [0.1, 0.15) is 0 Å². The number of alkyl halides is 1. The average Bonchev–Trinajstić information content (AvgIpc) is 2.28. The maximum absolute atomic E-state index is 11.7. The summed E-state index contributed by atoms with van der Waals surface area (Å²) in [7, 11) is 0. The number of carbonyl (C=O) groups excluding carboxylic acids is 1. The molecule has 1 unspecified atom stereocenters. The van der Waals surface area contributed by atoms with Gasteiger partial charge in [0.05, 0.1) is 0 Å². The van der Waals surface area contributed by atoms with Gasteiger partial charge in [-0.15, -0.1) is 24.2 Å². The van der Waals surface area contributed by atoms with E-state index in [1.807, 2.05) is 0 Å². The van der Waals surface area contributed by atoms with Crippen molar-refractivity contribution in [1.82, 2.24) is 0 Å². The number of carboxylic acids is 1. The molecule has 1 atom stereocenters. The Kier molecular flexibility index (Phi) is 4.99. The zero-order chi connectivity index (χ0) is 13.0. The van der Waals surface area contributed by atoms with E-state index >= 15 is 0 Å². The summed E-state index contributed by atoms with van der Waals surface area (Å²) in [5, 5.41) is 18.2. The van der Waals surface area contributed by atoms with Crippen molar-refractivity contribution in [2.75, 3.05) is 5.88 Å². The number of hydrogen-bond donors (Lipinski definition) is 3. The number of hydrogen-bond acceptors (Lipinski definition) is 4. The Morgan fingerprint density at radius 2 is 2.06 bits per heavy atom. The van der Waals surface area contributed by atoms with Crippen molar-refractivity contribution in [3.05, 3.63) is 29.3 Å². The van der Waals surface area contributed by atoms with Crippen LogP contribution < -0.4 is 0 Å². The molecule has 2 N–H and O–H groups in total. The van der Waals surface area contributed by atoms with E-state index in [4.69, 9.17) is 16.7 Å². The fourth-order valence-electron chi connectivity index (χ4n) is 1.38. The fraction of sp³-hybridized carbons (Fsp3) is 0.273. The summed E-state index contributed by atoms with van der Waals surface area (Å²) in [6.07, 6.45) is -1.64. The van der Waals surface area contributed by atoms with Gasteiger partial charge < -0.3 is 10.2 Å². The molecule has 4 nitrogen and oxygen atoms in total. The van der Waals surface area contributed by atoms with Crippen LogP contribution in [0.15, 0.2) is 23.1 Å². The highest BCUT2D eigenvalue weighted by molar-refractivity contribution is 7.80. The van der Waals surface area contributed by atoms with Crippen molar-refractivity contribution in [2.24, 2.45) is 0 Å². The number of carbonyl (C=O) groups is 2. The molecule has 1 aromatic rings. The smallest absolute Gasteiger partial charge is 0.337 e. The van der Waals surface area contributed by atoms with Crippen LogP contribution in [-0.4, -0.2) is 27.8 Å². The minimum Gasteiger partial charge on any atom is -0.479 e. The van der Waals surface area contributed by atoms with Crippen LogP contribution in [0.2, 0.25) is 0 Å². The Labute approximate surface area is 109 Å². The first kappa shape index (κ1) is 14.0. The van der Waals surface area contributed by atoms with Crippen LogP contribution in [-0.2, 0) is 4.79 Å². The monoisotopic (exact) mass is 274 g/mol. The van der Waals surface area contributed by atoms with Crippen LogP contribution in [0.1, 0.15) is 28.4 Å². The number of thiol groups is 1. The van der Waals surface area contributed by atoms with Crippen molar-refractivity contribution in [2.45, 2.75) is 17.4 Å². The molecule has 0 bridgehead atoms. The summed E-state index contributed by atoms with van der Waals surface area (Å²) < 4.78 is 0. The number of ketones is 1. The van der Waals surface area contributed by atoms with Gasteiger partial charge in [0.25, 0.3) is 0 Å². The summed E-state index contributed by atoms with van der Waals surface area (Å²) in [5.41, 5.74) is 0.207. The first-order chi connectivity index (χ1) is 7.97. The summed E-state index contributed by atoms with van der Waals surface area (Å²) >= 11 is 9.53. The molecule has 0 saturated heterocycles. The second-order valence-corrected chi connectivity index (χ2v) is 4.27. The largest absolute Gasteiger partial charge is 0.479 e. The third-order valence-corrected chi connectivity index (χ3v) is 2.65. The first-order valence-electron chi connectivity index (χ1n) is 4.80. The lowest BCUT2D eigenvalue weighted by Crippen LogP contribution is -2.15.